The second-order valence-electron chi connectivity index (χ2n) is 9.51. The monoisotopic (exact) mass is 489 g/mol. The second-order valence-corrected chi connectivity index (χ2v) is 9.51. The Kier molecular flexibility index (Phi) is 6.20. The number of anilines is 1. The molecule has 186 valence electrons. The Labute approximate surface area is 199 Å². The van der Waals surface area contributed by atoms with E-state index in [-0.39, 0.29) is 30.5 Å². The van der Waals surface area contributed by atoms with E-state index in [2.05, 4.69) is 20.4 Å². The van der Waals surface area contributed by atoms with E-state index in [1.165, 1.54) is 0 Å². The number of esters is 1. The zero-order valence-electron chi connectivity index (χ0n) is 19.8. The van der Waals surface area contributed by atoms with Crippen molar-refractivity contribution in [3.63, 3.8) is 0 Å². The number of amides is 1. The summed E-state index contributed by atoms with van der Waals surface area (Å²) in [6.45, 7) is 7.74. The van der Waals surface area contributed by atoms with Crippen molar-refractivity contribution in [2.45, 2.75) is 51.9 Å². The number of hydrogen-bond donors (Lipinski definition) is 2. The van der Waals surface area contributed by atoms with Crippen molar-refractivity contribution >= 4 is 28.7 Å². The lowest BCUT2D eigenvalue weighted by atomic mass is 10.1. The van der Waals surface area contributed by atoms with E-state index >= 15 is 0 Å². The predicted molar refractivity (Wildman–Crippen MR) is 124 cm³/mol. The van der Waals surface area contributed by atoms with Gasteiger partial charge in [0.15, 0.2) is 0 Å². The molecule has 0 spiro atoms. The number of rotatable bonds is 5. The standard InChI is InChI=1S/C24H26F3N5O3/c1-13-20(31-23(2,3)4)30-19-16(6-5-7-17(19)29-13)14-10-18-21(33)28-11-15(32(18)12-14)8-9-35-22(34)24(25,26)27/h5-7,10,12,15H,8-9,11H2,1-4H3,(H,28,33)(H,30,31)/t15-/m0/s1. The molecule has 0 radical (unpaired) electrons. The summed E-state index contributed by atoms with van der Waals surface area (Å²) in [5.41, 5.74) is 3.74. The van der Waals surface area contributed by atoms with Gasteiger partial charge in [-0.15, -0.1) is 0 Å². The van der Waals surface area contributed by atoms with Gasteiger partial charge >= 0.3 is 12.1 Å². The van der Waals surface area contributed by atoms with Crippen LogP contribution in [0.4, 0.5) is 19.0 Å². The zero-order valence-corrected chi connectivity index (χ0v) is 19.8. The number of aromatic nitrogens is 3. The molecule has 1 aromatic carbocycles. The normalized spacial score (nSPS) is 16.1. The molecular formula is C24H26F3N5O3. The summed E-state index contributed by atoms with van der Waals surface area (Å²) in [6, 6.07) is 6.94. The van der Waals surface area contributed by atoms with Crippen LogP contribution in [-0.4, -0.2) is 51.3 Å². The third-order valence-corrected chi connectivity index (χ3v) is 5.56. The van der Waals surface area contributed by atoms with Crippen LogP contribution in [0.2, 0.25) is 0 Å². The van der Waals surface area contributed by atoms with Crippen molar-refractivity contribution in [2.24, 2.45) is 0 Å². The Morgan fingerprint density at radius 2 is 2.00 bits per heavy atom. The molecule has 1 aliphatic rings. The Morgan fingerprint density at radius 1 is 1.26 bits per heavy atom. The summed E-state index contributed by atoms with van der Waals surface area (Å²) >= 11 is 0. The molecule has 2 aromatic heterocycles. The number of nitrogens with zero attached hydrogens (tertiary/aromatic N) is 3. The highest BCUT2D eigenvalue weighted by Crippen LogP contribution is 2.33. The number of carbonyl (C=O) groups excluding carboxylic acids is 2. The molecule has 8 nitrogen and oxygen atoms in total. The van der Waals surface area contributed by atoms with E-state index in [0.717, 1.165) is 16.8 Å². The summed E-state index contributed by atoms with van der Waals surface area (Å²) < 4.78 is 43.3. The van der Waals surface area contributed by atoms with Crippen LogP contribution in [0, 0.1) is 6.92 Å². The van der Waals surface area contributed by atoms with Crippen molar-refractivity contribution in [2.75, 3.05) is 18.5 Å². The fraction of sp³-hybridized carbons (Fsp3) is 0.417. The van der Waals surface area contributed by atoms with Gasteiger partial charge in [-0.05, 0) is 39.8 Å². The Morgan fingerprint density at radius 3 is 2.69 bits per heavy atom. The lowest BCUT2D eigenvalue weighted by Gasteiger charge is -2.26. The molecular weight excluding hydrogens is 463 g/mol. The van der Waals surface area contributed by atoms with Gasteiger partial charge in [0.25, 0.3) is 5.91 Å². The molecule has 3 aromatic rings. The van der Waals surface area contributed by atoms with Gasteiger partial charge in [-0.25, -0.2) is 14.8 Å². The predicted octanol–water partition coefficient (Wildman–Crippen LogP) is 4.40. The molecule has 2 N–H and O–H groups in total. The third kappa shape index (κ3) is 5.23. The topological polar surface area (TPSA) is 98.1 Å². The molecule has 4 rings (SSSR count). The van der Waals surface area contributed by atoms with Crippen LogP contribution in [0.3, 0.4) is 0 Å². The quantitative estimate of drug-likeness (QED) is 0.516. The number of hydrogen-bond acceptors (Lipinski definition) is 6. The lowest BCUT2D eigenvalue weighted by Crippen LogP contribution is -2.39. The number of carbonyl (C=O) groups is 2. The molecule has 35 heavy (non-hydrogen) atoms. The maximum Gasteiger partial charge on any atom is 0.490 e. The number of nitrogens with one attached hydrogen (secondary N) is 2. The number of alkyl halides is 3. The first kappa shape index (κ1) is 24.5. The summed E-state index contributed by atoms with van der Waals surface area (Å²) in [4.78, 5) is 33.0. The minimum atomic E-state index is -5.04. The molecule has 1 amide bonds. The van der Waals surface area contributed by atoms with Crippen LogP contribution in [0.25, 0.3) is 22.2 Å². The van der Waals surface area contributed by atoms with Gasteiger partial charge in [0.2, 0.25) is 0 Å². The van der Waals surface area contributed by atoms with E-state index < -0.39 is 18.8 Å². The number of halogens is 3. The molecule has 0 aliphatic carbocycles. The van der Waals surface area contributed by atoms with Crippen molar-refractivity contribution in [1.29, 1.82) is 0 Å². The van der Waals surface area contributed by atoms with E-state index in [0.29, 0.717) is 22.5 Å². The number of benzene rings is 1. The highest BCUT2D eigenvalue weighted by atomic mass is 19.4. The Balaban J connectivity index is 1.67. The number of ether oxygens (including phenoxy) is 1. The average molecular weight is 489 g/mol. The maximum absolute atomic E-state index is 12.5. The molecule has 0 saturated carbocycles. The van der Waals surface area contributed by atoms with Crippen LogP contribution in [0.1, 0.15) is 49.4 Å². The smallest absolute Gasteiger partial charge is 0.459 e. The van der Waals surface area contributed by atoms with Gasteiger partial charge in [-0.3, -0.25) is 4.79 Å². The van der Waals surface area contributed by atoms with Crippen LogP contribution in [-0.2, 0) is 9.53 Å². The van der Waals surface area contributed by atoms with Crippen LogP contribution in [0.15, 0.2) is 30.5 Å². The summed E-state index contributed by atoms with van der Waals surface area (Å²) in [5, 5.41) is 6.10. The maximum atomic E-state index is 12.5. The van der Waals surface area contributed by atoms with Crippen molar-refractivity contribution in [3.8, 4) is 11.1 Å². The molecule has 0 fully saturated rings. The van der Waals surface area contributed by atoms with Crippen molar-refractivity contribution in [3.05, 3.63) is 41.9 Å². The van der Waals surface area contributed by atoms with Crippen molar-refractivity contribution in [1.82, 2.24) is 19.9 Å². The van der Waals surface area contributed by atoms with E-state index in [9.17, 15) is 22.8 Å². The van der Waals surface area contributed by atoms with Crippen molar-refractivity contribution < 1.29 is 27.5 Å². The SMILES string of the molecule is Cc1nc2cccc(-c3cc4n(c3)[C@@H](CCOC(=O)C(F)(F)F)CNC4=O)c2nc1NC(C)(C)C. The molecule has 3 heterocycles. The fourth-order valence-electron chi connectivity index (χ4n) is 3.99. The van der Waals surface area contributed by atoms with Crippen LogP contribution < -0.4 is 10.6 Å². The number of para-hydroxylation sites is 1. The van der Waals surface area contributed by atoms with Gasteiger partial charge in [-0.2, -0.15) is 13.2 Å². The zero-order chi connectivity index (χ0) is 25.5. The fourth-order valence-corrected chi connectivity index (χ4v) is 3.99. The van der Waals surface area contributed by atoms with Crippen LogP contribution in [0.5, 0.6) is 0 Å². The van der Waals surface area contributed by atoms with Crippen LogP contribution >= 0.6 is 0 Å². The van der Waals surface area contributed by atoms with Gasteiger partial charge in [0.05, 0.1) is 29.4 Å². The largest absolute Gasteiger partial charge is 0.490 e. The third-order valence-electron chi connectivity index (χ3n) is 5.56. The highest BCUT2D eigenvalue weighted by molar-refractivity contribution is 5.98. The number of fused-ring (bicyclic) bond motifs is 2. The Hall–Kier alpha value is -3.63. The lowest BCUT2D eigenvalue weighted by molar-refractivity contribution is -0.199. The van der Waals surface area contributed by atoms with E-state index in [1.54, 1.807) is 16.8 Å². The van der Waals surface area contributed by atoms with Gasteiger partial charge < -0.3 is 19.9 Å². The number of aryl methyl sites for hydroxylation is 1. The summed E-state index contributed by atoms with van der Waals surface area (Å²) in [5.74, 6) is -1.87. The first-order valence-corrected chi connectivity index (χ1v) is 11.1. The first-order valence-electron chi connectivity index (χ1n) is 11.1. The van der Waals surface area contributed by atoms with Gasteiger partial charge in [0, 0.05) is 35.8 Å². The molecule has 0 bridgehead atoms. The van der Waals surface area contributed by atoms with E-state index in [4.69, 9.17) is 4.98 Å². The minimum Gasteiger partial charge on any atom is -0.459 e. The summed E-state index contributed by atoms with van der Waals surface area (Å²) in [7, 11) is 0. The molecule has 1 aliphatic heterocycles. The molecule has 0 saturated heterocycles. The Bertz CT molecular complexity index is 1290. The minimum absolute atomic E-state index is 0.109. The first-order chi connectivity index (χ1) is 16.3. The summed E-state index contributed by atoms with van der Waals surface area (Å²) in [6.07, 6.45) is -3.16. The average Bonchev–Trinajstić information content (AvgIpc) is 3.20. The highest BCUT2D eigenvalue weighted by Gasteiger charge is 2.41. The second kappa shape index (κ2) is 8.86. The molecule has 1 atom stereocenters. The van der Waals surface area contributed by atoms with Gasteiger partial charge in [0.1, 0.15) is 11.5 Å². The molecule has 11 heteroatoms. The van der Waals surface area contributed by atoms with Gasteiger partial charge in [-0.1, -0.05) is 12.1 Å². The molecule has 0 unspecified atom stereocenters. The van der Waals surface area contributed by atoms with E-state index in [1.807, 2.05) is 45.9 Å².